The van der Waals surface area contributed by atoms with Crippen LogP contribution < -0.4 is 14.2 Å². The SMILES string of the molecule is CCCCOc1cc(OCCCC)c(C(C)C)cc1-c1noc(I)c1-c1ccc(OC)cc1. The summed E-state index contributed by atoms with van der Waals surface area (Å²) in [6.07, 6.45) is 4.17. The Hall–Kier alpha value is -2.22. The van der Waals surface area contributed by atoms with Crippen LogP contribution in [0.25, 0.3) is 22.4 Å². The molecule has 1 aromatic heterocycles. The van der Waals surface area contributed by atoms with Crippen LogP contribution in [0.15, 0.2) is 40.9 Å². The highest BCUT2D eigenvalue weighted by molar-refractivity contribution is 14.1. The lowest BCUT2D eigenvalue weighted by atomic mass is 9.95. The van der Waals surface area contributed by atoms with Gasteiger partial charge in [0.15, 0.2) is 0 Å². The summed E-state index contributed by atoms with van der Waals surface area (Å²) in [4.78, 5) is 0. The molecular formula is C27H34INO4. The molecule has 0 atom stereocenters. The van der Waals surface area contributed by atoms with Gasteiger partial charge in [-0.3, -0.25) is 0 Å². The van der Waals surface area contributed by atoms with E-state index in [9.17, 15) is 0 Å². The minimum absolute atomic E-state index is 0.292. The number of ether oxygens (including phenoxy) is 3. The van der Waals surface area contributed by atoms with Crippen molar-refractivity contribution in [2.24, 2.45) is 0 Å². The molecule has 5 nitrogen and oxygen atoms in total. The summed E-state index contributed by atoms with van der Waals surface area (Å²) in [6.45, 7) is 10.0. The van der Waals surface area contributed by atoms with E-state index in [0.29, 0.717) is 19.1 Å². The van der Waals surface area contributed by atoms with Gasteiger partial charge in [0.2, 0.25) is 3.77 Å². The van der Waals surface area contributed by atoms with E-state index < -0.39 is 0 Å². The largest absolute Gasteiger partial charge is 0.497 e. The topological polar surface area (TPSA) is 53.7 Å². The minimum atomic E-state index is 0.292. The van der Waals surface area contributed by atoms with E-state index >= 15 is 0 Å². The van der Waals surface area contributed by atoms with Gasteiger partial charge in [-0.2, -0.15) is 0 Å². The van der Waals surface area contributed by atoms with Crippen molar-refractivity contribution < 1.29 is 18.7 Å². The molecule has 0 spiro atoms. The quantitative estimate of drug-likeness (QED) is 0.165. The Morgan fingerprint density at radius 1 is 0.939 bits per heavy atom. The molecule has 0 amide bonds. The highest BCUT2D eigenvalue weighted by Crippen LogP contribution is 2.44. The van der Waals surface area contributed by atoms with Crippen molar-refractivity contribution in [3.8, 4) is 39.6 Å². The molecule has 2 aromatic carbocycles. The molecule has 3 aromatic rings. The number of aromatic nitrogens is 1. The van der Waals surface area contributed by atoms with Crippen molar-refractivity contribution >= 4 is 22.6 Å². The van der Waals surface area contributed by atoms with Gasteiger partial charge in [-0.1, -0.05) is 57.8 Å². The fraction of sp³-hybridized carbons (Fsp3) is 0.444. The molecule has 0 aliphatic rings. The highest BCUT2D eigenvalue weighted by Gasteiger charge is 2.24. The van der Waals surface area contributed by atoms with Crippen LogP contribution in [0.1, 0.15) is 64.9 Å². The Morgan fingerprint density at radius 3 is 2.15 bits per heavy atom. The van der Waals surface area contributed by atoms with E-state index in [-0.39, 0.29) is 0 Å². The number of methoxy groups -OCH3 is 1. The van der Waals surface area contributed by atoms with Crippen molar-refractivity contribution in [2.75, 3.05) is 20.3 Å². The van der Waals surface area contributed by atoms with Gasteiger partial charge in [-0.05, 0) is 48.1 Å². The van der Waals surface area contributed by atoms with Crippen molar-refractivity contribution in [1.82, 2.24) is 5.16 Å². The second-order valence-corrected chi connectivity index (χ2v) is 9.33. The molecule has 0 radical (unpaired) electrons. The van der Waals surface area contributed by atoms with Crippen LogP contribution in [0.2, 0.25) is 0 Å². The lowest BCUT2D eigenvalue weighted by Crippen LogP contribution is -2.05. The summed E-state index contributed by atoms with van der Waals surface area (Å²) < 4.78 is 24.2. The zero-order valence-corrected chi connectivity index (χ0v) is 22.4. The molecule has 0 bridgehead atoms. The van der Waals surface area contributed by atoms with E-state index in [0.717, 1.165) is 74.6 Å². The van der Waals surface area contributed by atoms with Gasteiger partial charge in [0.1, 0.15) is 22.9 Å². The summed E-state index contributed by atoms with van der Waals surface area (Å²) >= 11 is 2.20. The first-order valence-corrected chi connectivity index (χ1v) is 12.8. The number of nitrogens with zero attached hydrogens (tertiary/aromatic N) is 1. The Labute approximate surface area is 210 Å². The number of benzene rings is 2. The number of unbranched alkanes of at least 4 members (excludes halogenated alkanes) is 2. The van der Waals surface area contributed by atoms with E-state index in [1.54, 1.807) is 7.11 Å². The Bertz CT molecular complexity index is 1030. The summed E-state index contributed by atoms with van der Waals surface area (Å²) in [5.74, 6) is 2.77. The van der Waals surface area contributed by atoms with Gasteiger partial charge < -0.3 is 18.7 Å². The monoisotopic (exact) mass is 563 g/mol. The zero-order valence-electron chi connectivity index (χ0n) is 20.2. The first kappa shape index (κ1) is 25.4. The van der Waals surface area contributed by atoms with Gasteiger partial charge in [0.05, 0.1) is 25.9 Å². The maximum absolute atomic E-state index is 6.27. The third-order valence-corrected chi connectivity index (χ3v) is 6.27. The Kier molecular flexibility index (Phi) is 9.47. The Morgan fingerprint density at radius 2 is 1.58 bits per heavy atom. The number of rotatable bonds is 12. The highest BCUT2D eigenvalue weighted by atomic mass is 127. The minimum Gasteiger partial charge on any atom is -0.497 e. The molecule has 0 aliphatic heterocycles. The third-order valence-electron chi connectivity index (χ3n) is 5.53. The second-order valence-electron chi connectivity index (χ2n) is 8.35. The molecule has 0 saturated carbocycles. The lowest BCUT2D eigenvalue weighted by Gasteiger charge is -2.19. The van der Waals surface area contributed by atoms with Crippen molar-refractivity contribution in [2.45, 2.75) is 59.3 Å². The summed E-state index contributed by atoms with van der Waals surface area (Å²) in [5.41, 5.74) is 4.81. The van der Waals surface area contributed by atoms with E-state index in [1.807, 2.05) is 30.3 Å². The van der Waals surface area contributed by atoms with Crippen molar-refractivity contribution in [1.29, 1.82) is 0 Å². The van der Waals surface area contributed by atoms with E-state index in [4.69, 9.17) is 18.7 Å². The molecule has 178 valence electrons. The smallest absolute Gasteiger partial charge is 0.204 e. The van der Waals surface area contributed by atoms with Crippen LogP contribution in [0, 0.1) is 3.77 Å². The molecule has 0 saturated heterocycles. The molecule has 0 unspecified atom stereocenters. The second kappa shape index (κ2) is 12.3. The van der Waals surface area contributed by atoms with E-state index in [2.05, 4.69) is 61.5 Å². The van der Waals surface area contributed by atoms with Gasteiger partial charge in [0, 0.05) is 34.2 Å². The first-order chi connectivity index (χ1) is 16.0. The van der Waals surface area contributed by atoms with Gasteiger partial charge in [-0.15, -0.1) is 0 Å². The van der Waals surface area contributed by atoms with Crippen LogP contribution in [0.3, 0.4) is 0 Å². The Balaban J connectivity index is 2.13. The maximum atomic E-state index is 6.27. The fourth-order valence-electron chi connectivity index (χ4n) is 3.57. The van der Waals surface area contributed by atoms with Gasteiger partial charge in [-0.25, -0.2) is 0 Å². The average Bonchev–Trinajstić information content (AvgIpc) is 3.20. The molecule has 0 N–H and O–H groups in total. The van der Waals surface area contributed by atoms with Crippen LogP contribution in [0.5, 0.6) is 17.2 Å². The number of hydrogen-bond acceptors (Lipinski definition) is 5. The fourth-order valence-corrected chi connectivity index (χ4v) is 4.24. The van der Waals surface area contributed by atoms with Crippen molar-refractivity contribution in [3.63, 3.8) is 0 Å². The molecular weight excluding hydrogens is 529 g/mol. The normalized spacial score (nSPS) is 11.1. The molecule has 1 heterocycles. The third kappa shape index (κ3) is 6.22. The van der Waals surface area contributed by atoms with Gasteiger partial charge >= 0.3 is 0 Å². The van der Waals surface area contributed by atoms with E-state index in [1.165, 1.54) is 0 Å². The van der Waals surface area contributed by atoms with Gasteiger partial charge in [0.25, 0.3) is 0 Å². The lowest BCUT2D eigenvalue weighted by molar-refractivity contribution is 0.292. The molecule has 0 fully saturated rings. The number of halogens is 1. The molecule has 3 rings (SSSR count). The predicted molar refractivity (Wildman–Crippen MR) is 142 cm³/mol. The van der Waals surface area contributed by atoms with Crippen LogP contribution in [0.4, 0.5) is 0 Å². The van der Waals surface area contributed by atoms with Crippen LogP contribution in [-0.2, 0) is 0 Å². The zero-order chi connectivity index (χ0) is 23.8. The standard InChI is InChI=1S/C27H34INO4/c1-6-8-14-31-23-17-24(32-15-9-7-2)22(16-21(23)18(3)4)26-25(27(28)33-29-26)19-10-12-20(30-5)13-11-19/h10-13,16-18H,6-9,14-15H2,1-5H3. The summed E-state index contributed by atoms with van der Waals surface area (Å²) in [5, 5.41) is 4.46. The van der Waals surface area contributed by atoms with Crippen LogP contribution >= 0.6 is 22.6 Å². The first-order valence-electron chi connectivity index (χ1n) is 11.7. The summed E-state index contributed by atoms with van der Waals surface area (Å²) in [7, 11) is 1.67. The molecule has 33 heavy (non-hydrogen) atoms. The average molecular weight is 563 g/mol. The molecule has 6 heteroatoms. The predicted octanol–water partition coefficient (Wildman–Crippen LogP) is 8.10. The van der Waals surface area contributed by atoms with Crippen molar-refractivity contribution in [3.05, 3.63) is 45.7 Å². The number of hydrogen-bond donors (Lipinski definition) is 0. The molecule has 0 aliphatic carbocycles. The summed E-state index contributed by atoms with van der Waals surface area (Å²) in [6, 6.07) is 12.2. The van der Waals surface area contributed by atoms with Crippen LogP contribution in [-0.4, -0.2) is 25.5 Å². The maximum Gasteiger partial charge on any atom is 0.204 e.